The fourth-order valence-electron chi connectivity index (χ4n) is 3.12. The quantitative estimate of drug-likeness (QED) is 0.790. The van der Waals surface area contributed by atoms with Gasteiger partial charge in [-0.3, -0.25) is 4.79 Å². The average Bonchev–Trinajstić information content (AvgIpc) is 3.08. The minimum Gasteiger partial charge on any atom is -0.324 e. The number of carbonyl (C=O) groups is 1. The van der Waals surface area contributed by atoms with E-state index in [1.807, 2.05) is 32.0 Å². The lowest BCUT2D eigenvalue weighted by Crippen LogP contribution is -2.43. The van der Waals surface area contributed by atoms with Crippen molar-refractivity contribution in [2.45, 2.75) is 37.6 Å². The van der Waals surface area contributed by atoms with Crippen molar-refractivity contribution in [3.63, 3.8) is 0 Å². The van der Waals surface area contributed by atoms with Gasteiger partial charge in [0.2, 0.25) is 15.9 Å². The summed E-state index contributed by atoms with van der Waals surface area (Å²) >= 11 is 3.40. The molecule has 3 rings (SSSR count). The van der Waals surface area contributed by atoms with Crippen molar-refractivity contribution in [1.29, 1.82) is 0 Å². The summed E-state index contributed by atoms with van der Waals surface area (Å²) in [4.78, 5) is 13.0. The van der Waals surface area contributed by atoms with Crippen LogP contribution in [0.5, 0.6) is 0 Å². The molecule has 2 aromatic rings. The summed E-state index contributed by atoms with van der Waals surface area (Å²) in [5.41, 5.74) is 2.60. The Morgan fingerprint density at radius 1 is 1.15 bits per heavy atom. The monoisotopic (exact) mass is 436 g/mol. The van der Waals surface area contributed by atoms with Gasteiger partial charge in [-0.1, -0.05) is 33.6 Å². The summed E-state index contributed by atoms with van der Waals surface area (Å²) < 4.78 is 28.2. The number of nitrogens with zero attached hydrogens (tertiary/aromatic N) is 1. The number of anilines is 1. The van der Waals surface area contributed by atoms with Gasteiger partial charge in [-0.05, 0) is 62.6 Å². The lowest BCUT2D eigenvalue weighted by atomic mass is 10.1. The van der Waals surface area contributed by atoms with Crippen molar-refractivity contribution >= 4 is 37.5 Å². The second-order valence-electron chi connectivity index (χ2n) is 6.54. The minimum atomic E-state index is -3.69. The Kier molecular flexibility index (Phi) is 5.50. The zero-order valence-corrected chi connectivity index (χ0v) is 17.1. The number of amides is 1. The van der Waals surface area contributed by atoms with E-state index < -0.39 is 16.1 Å². The molecule has 0 saturated carbocycles. The molecule has 2 aromatic carbocycles. The van der Waals surface area contributed by atoms with Gasteiger partial charge in [-0.25, -0.2) is 8.42 Å². The first kappa shape index (κ1) is 19.1. The fourth-order valence-corrected chi connectivity index (χ4v) is 5.25. The Labute approximate surface area is 162 Å². The van der Waals surface area contributed by atoms with Gasteiger partial charge in [0.15, 0.2) is 0 Å². The maximum atomic E-state index is 13.0. The summed E-state index contributed by atoms with van der Waals surface area (Å²) in [7, 11) is -3.69. The largest absolute Gasteiger partial charge is 0.324 e. The van der Waals surface area contributed by atoms with Crippen LogP contribution in [0.2, 0.25) is 0 Å². The minimum absolute atomic E-state index is 0.225. The van der Waals surface area contributed by atoms with E-state index in [1.54, 1.807) is 24.3 Å². The second-order valence-corrected chi connectivity index (χ2v) is 9.34. The topological polar surface area (TPSA) is 66.5 Å². The highest BCUT2D eigenvalue weighted by Gasteiger charge is 2.39. The predicted molar refractivity (Wildman–Crippen MR) is 106 cm³/mol. The van der Waals surface area contributed by atoms with Gasteiger partial charge in [0.05, 0.1) is 4.90 Å². The number of nitrogens with one attached hydrogen (secondary N) is 1. The molecule has 1 saturated heterocycles. The van der Waals surface area contributed by atoms with E-state index in [0.717, 1.165) is 15.6 Å². The van der Waals surface area contributed by atoms with Crippen LogP contribution in [0.3, 0.4) is 0 Å². The molecule has 26 heavy (non-hydrogen) atoms. The predicted octanol–water partition coefficient (Wildman–Crippen LogP) is 3.86. The fraction of sp³-hybridized carbons (Fsp3) is 0.316. The van der Waals surface area contributed by atoms with E-state index >= 15 is 0 Å². The van der Waals surface area contributed by atoms with Gasteiger partial charge in [0.1, 0.15) is 6.04 Å². The first-order valence-corrected chi connectivity index (χ1v) is 10.7. The number of benzene rings is 2. The van der Waals surface area contributed by atoms with Crippen LogP contribution < -0.4 is 5.32 Å². The Hall–Kier alpha value is -1.70. The SMILES string of the molecule is Cc1ccc(S(=O)(=O)N2CCCC2C(=O)Nc2ccc(Br)cc2C)cc1. The summed E-state index contributed by atoms with van der Waals surface area (Å²) in [5, 5.41) is 2.88. The number of halogens is 1. The molecular formula is C19H21BrN2O3S. The van der Waals surface area contributed by atoms with Crippen molar-refractivity contribution in [2.75, 3.05) is 11.9 Å². The maximum absolute atomic E-state index is 13.0. The van der Waals surface area contributed by atoms with Gasteiger partial charge in [-0.15, -0.1) is 0 Å². The van der Waals surface area contributed by atoms with E-state index in [9.17, 15) is 13.2 Å². The Balaban J connectivity index is 1.83. The van der Waals surface area contributed by atoms with E-state index in [1.165, 1.54) is 4.31 Å². The van der Waals surface area contributed by atoms with Crippen LogP contribution in [-0.2, 0) is 14.8 Å². The van der Waals surface area contributed by atoms with Gasteiger partial charge in [-0.2, -0.15) is 4.31 Å². The van der Waals surface area contributed by atoms with Crippen molar-refractivity contribution in [2.24, 2.45) is 0 Å². The molecule has 1 fully saturated rings. The van der Waals surface area contributed by atoms with Crippen molar-refractivity contribution in [1.82, 2.24) is 4.31 Å². The molecule has 0 aliphatic carbocycles. The number of hydrogen-bond donors (Lipinski definition) is 1. The number of carbonyl (C=O) groups excluding carboxylic acids is 1. The Bertz CT molecular complexity index is 926. The van der Waals surface area contributed by atoms with Gasteiger partial charge in [0, 0.05) is 16.7 Å². The summed E-state index contributed by atoms with van der Waals surface area (Å²) in [6, 6.07) is 11.6. The van der Waals surface area contributed by atoms with Crippen molar-refractivity contribution in [3.05, 3.63) is 58.1 Å². The highest BCUT2D eigenvalue weighted by atomic mass is 79.9. The first-order valence-electron chi connectivity index (χ1n) is 8.44. The van der Waals surface area contributed by atoms with Crippen LogP contribution in [0.1, 0.15) is 24.0 Å². The first-order chi connectivity index (χ1) is 12.3. The van der Waals surface area contributed by atoms with Crippen LogP contribution in [0.25, 0.3) is 0 Å². The number of aryl methyl sites for hydroxylation is 2. The molecule has 5 nitrogen and oxygen atoms in total. The van der Waals surface area contributed by atoms with E-state index in [-0.39, 0.29) is 10.8 Å². The lowest BCUT2D eigenvalue weighted by molar-refractivity contribution is -0.119. The molecule has 1 amide bonds. The highest BCUT2D eigenvalue weighted by Crippen LogP contribution is 2.28. The third kappa shape index (κ3) is 3.84. The second kappa shape index (κ2) is 7.50. The lowest BCUT2D eigenvalue weighted by Gasteiger charge is -2.24. The Morgan fingerprint density at radius 3 is 2.50 bits per heavy atom. The van der Waals surface area contributed by atoms with E-state index in [0.29, 0.717) is 25.1 Å². The molecule has 0 spiro atoms. The molecule has 0 bridgehead atoms. The highest BCUT2D eigenvalue weighted by molar-refractivity contribution is 9.10. The van der Waals surface area contributed by atoms with Crippen LogP contribution in [0.15, 0.2) is 51.8 Å². The summed E-state index contributed by atoms with van der Waals surface area (Å²) in [6.45, 7) is 4.16. The normalized spacial score (nSPS) is 18.0. The standard InChI is InChI=1S/C19H21BrN2O3S/c1-13-5-8-16(9-6-13)26(24,25)22-11-3-4-18(22)19(23)21-17-10-7-15(20)12-14(17)2/h5-10,12,18H,3-4,11H2,1-2H3,(H,21,23). The van der Waals surface area contributed by atoms with Gasteiger partial charge < -0.3 is 5.32 Å². The van der Waals surface area contributed by atoms with Crippen LogP contribution in [-0.4, -0.2) is 31.2 Å². The molecule has 0 aromatic heterocycles. The summed E-state index contributed by atoms with van der Waals surface area (Å²) in [6.07, 6.45) is 1.19. The molecule has 138 valence electrons. The molecule has 1 aliphatic rings. The number of rotatable bonds is 4. The molecule has 1 unspecified atom stereocenters. The summed E-state index contributed by atoms with van der Waals surface area (Å²) in [5.74, 6) is -0.288. The number of sulfonamides is 1. The molecule has 1 N–H and O–H groups in total. The molecular weight excluding hydrogens is 416 g/mol. The zero-order valence-electron chi connectivity index (χ0n) is 14.7. The van der Waals surface area contributed by atoms with Crippen molar-refractivity contribution in [3.8, 4) is 0 Å². The smallest absolute Gasteiger partial charge is 0.243 e. The van der Waals surface area contributed by atoms with Crippen LogP contribution in [0.4, 0.5) is 5.69 Å². The molecule has 0 radical (unpaired) electrons. The molecule has 7 heteroatoms. The molecule has 1 atom stereocenters. The zero-order chi connectivity index (χ0) is 18.9. The van der Waals surface area contributed by atoms with Gasteiger partial charge in [0.25, 0.3) is 0 Å². The maximum Gasteiger partial charge on any atom is 0.243 e. The van der Waals surface area contributed by atoms with E-state index in [2.05, 4.69) is 21.2 Å². The van der Waals surface area contributed by atoms with E-state index in [4.69, 9.17) is 0 Å². The number of hydrogen-bond acceptors (Lipinski definition) is 3. The third-order valence-electron chi connectivity index (χ3n) is 4.58. The third-order valence-corrected chi connectivity index (χ3v) is 7.00. The molecule has 1 heterocycles. The average molecular weight is 437 g/mol. The van der Waals surface area contributed by atoms with Crippen LogP contribution in [0, 0.1) is 13.8 Å². The van der Waals surface area contributed by atoms with Gasteiger partial charge >= 0.3 is 0 Å². The van der Waals surface area contributed by atoms with Crippen molar-refractivity contribution < 1.29 is 13.2 Å². The Morgan fingerprint density at radius 2 is 1.85 bits per heavy atom. The molecule has 1 aliphatic heterocycles. The van der Waals surface area contributed by atoms with Crippen LogP contribution >= 0.6 is 15.9 Å².